The van der Waals surface area contributed by atoms with Gasteiger partial charge in [-0.25, -0.2) is 0 Å². The normalized spacial score (nSPS) is 24.2. The molecule has 2 heterocycles. The molecule has 14 nitrogen and oxygen atoms in total. The summed E-state index contributed by atoms with van der Waals surface area (Å²) in [5.74, 6) is -4.41. The average Bonchev–Trinajstić information content (AvgIpc) is 3.69. The number of aldehydes is 1. The number of nitrogens with one attached hydrogen (secondary N) is 1. The zero-order chi connectivity index (χ0) is 36.1. The van der Waals surface area contributed by atoms with Crippen molar-refractivity contribution in [2.75, 3.05) is 27.8 Å². The van der Waals surface area contributed by atoms with E-state index < -0.39 is 52.9 Å². The highest BCUT2D eigenvalue weighted by atomic mass is 16.6. The topological polar surface area (TPSA) is 180 Å². The van der Waals surface area contributed by atoms with Crippen LogP contribution in [-0.2, 0) is 38.2 Å². The Hall–Kier alpha value is -4.04. The van der Waals surface area contributed by atoms with Crippen molar-refractivity contribution >= 4 is 47.8 Å². The molecule has 1 fully saturated rings. The van der Waals surface area contributed by atoms with E-state index in [1.165, 1.54) is 26.4 Å². The third-order valence-corrected chi connectivity index (χ3v) is 8.93. The molecule has 14 heteroatoms. The fourth-order valence-corrected chi connectivity index (χ4v) is 6.09. The monoisotopic (exact) mass is 673 g/mol. The molecule has 1 aliphatic heterocycles. The number of hydrogen-bond donors (Lipinski definition) is 1. The van der Waals surface area contributed by atoms with E-state index in [9.17, 15) is 19.2 Å². The van der Waals surface area contributed by atoms with Gasteiger partial charge in [0.15, 0.2) is 0 Å². The lowest BCUT2D eigenvalue weighted by atomic mass is 9.77. The molecule has 1 N–H and O–H groups in total. The standard InChI is InChI=1S/C34H51N5O9/c1-11-26-28(30(36-9)39-46-15-13-37-19-25(18-35-8)27-12-14-45-38-27)32(43)48-34(26,7)24(5)47-31(42)23(4)29(41)22(3)17-33(6,44-10)16-21(2)20-40/h12-14,18-24,26,28H,11,15-17H2,1-10H3,(H,36,39)/b25-19+,35-18?,37-13?/t21-,22?,23?,24?,26?,28?,33-,34-/m1/s1. The van der Waals surface area contributed by atoms with Crippen LogP contribution in [0.3, 0.4) is 0 Å². The van der Waals surface area contributed by atoms with Gasteiger partial charge in [-0.2, -0.15) is 0 Å². The first kappa shape index (κ1) is 40.1. The predicted octanol–water partition coefficient (Wildman–Crippen LogP) is 4.09. The number of esters is 2. The third-order valence-electron chi connectivity index (χ3n) is 8.93. The number of allylic oxidation sites excluding steroid dienone is 1. The minimum absolute atomic E-state index is 0.0404. The van der Waals surface area contributed by atoms with Gasteiger partial charge in [-0.05, 0) is 47.0 Å². The van der Waals surface area contributed by atoms with E-state index in [1.54, 1.807) is 60.3 Å². The second kappa shape index (κ2) is 18.5. The average molecular weight is 674 g/mol. The van der Waals surface area contributed by atoms with Crippen molar-refractivity contribution in [1.29, 1.82) is 0 Å². The minimum atomic E-state index is -1.21. The highest BCUT2D eigenvalue weighted by molar-refractivity contribution is 6.09. The molecule has 1 aromatic rings. The number of carbonyl (C=O) groups is 4. The number of nitrogens with zero attached hydrogens (tertiary/aromatic N) is 4. The molecule has 0 saturated carbocycles. The number of Topliss-reactive ketones (excluding diaryl/α,β-unsaturated/α-hetero) is 1. The SMILES string of the molecule is CCC1C(C(=NC)NOCC=N/C=C(\C=NC)c2ccon2)C(=O)O[C@]1(C)C(C)OC(=O)C(C)C(=O)C(C)C[C@@](C)(C[C@@H](C)C=O)OC. The second-order valence-electron chi connectivity index (χ2n) is 12.6. The van der Waals surface area contributed by atoms with Crippen LogP contribution in [0, 0.1) is 29.6 Å². The van der Waals surface area contributed by atoms with Gasteiger partial charge in [0, 0.05) is 69.2 Å². The second-order valence-corrected chi connectivity index (χ2v) is 12.6. The Bertz CT molecular complexity index is 1360. The van der Waals surface area contributed by atoms with Crippen molar-refractivity contribution in [3.8, 4) is 0 Å². The molecule has 8 atom stereocenters. The lowest BCUT2D eigenvalue weighted by molar-refractivity contribution is -0.179. The van der Waals surface area contributed by atoms with Crippen LogP contribution < -0.4 is 5.48 Å². The fraction of sp³-hybridized carbons (Fsp3) is 0.647. The van der Waals surface area contributed by atoms with Gasteiger partial charge in [0.1, 0.15) is 60.0 Å². The van der Waals surface area contributed by atoms with Gasteiger partial charge in [0.05, 0.1) is 5.60 Å². The van der Waals surface area contributed by atoms with E-state index in [0.717, 1.165) is 6.29 Å². The number of hydroxylamine groups is 1. The third kappa shape index (κ3) is 10.2. The molecular weight excluding hydrogens is 622 g/mol. The Morgan fingerprint density at radius 3 is 2.48 bits per heavy atom. The Morgan fingerprint density at radius 1 is 1.21 bits per heavy atom. The largest absolute Gasteiger partial charge is 0.458 e. The highest BCUT2D eigenvalue weighted by Crippen LogP contribution is 2.43. The first-order valence-corrected chi connectivity index (χ1v) is 16.1. The van der Waals surface area contributed by atoms with Crippen molar-refractivity contribution in [1.82, 2.24) is 10.6 Å². The maximum atomic E-state index is 13.3. The number of carbonyl (C=O) groups excluding carboxylic acids is 4. The van der Waals surface area contributed by atoms with Crippen LogP contribution in [0.25, 0.3) is 5.57 Å². The van der Waals surface area contributed by atoms with Gasteiger partial charge < -0.3 is 23.5 Å². The lowest BCUT2D eigenvalue weighted by Crippen LogP contribution is -2.48. The van der Waals surface area contributed by atoms with E-state index in [0.29, 0.717) is 30.5 Å². The van der Waals surface area contributed by atoms with Gasteiger partial charge in [-0.1, -0.05) is 25.9 Å². The first-order valence-electron chi connectivity index (χ1n) is 16.1. The Labute approximate surface area is 282 Å². The molecule has 0 aliphatic carbocycles. The molecular formula is C34H51N5O9. The molecule has 0 amide bonds. The number of cyclic esters (lactones) is 1. The van der Waals surface area contributed by atoms with Crippen molar-refractivity contribution in [2.24, 2.45) is 44.6 Å². The summed E-state index contributed by atoms with van der Waals surface area (Å²) in [7, 11) is 4.70. The Morgan fingerprint density at radius 2 is 1.92 bits per heavy atom. The maximum absolute atomic E-state index is 13.3. The van der Waals surface area contributed by atoms with Crippen LogP contribution in [0.1, 0.15) is 73.4 Å². The summed E-state index contributed by atoms with van der Waals surface area (Å²) in [5.41, 5.74) is 2.05. The van der Waals surface area contributed by atoms with E-state index in [1.807, 2.05) is 13.8 Å². The summed E-state index contributed by atoms with van der Waals surface area (Å²) >= 11 is 0. The van der Waals surface area contributed by atoms with Crippen molar-refractivity contribution in [3.05, 3.63) is 24.2 Å². The summed E-state index contributed by atoms with van der Waals surface area (Å²) in [6.07, 6.45) is 7.34. The molecule has 0 spiro atoms. The zero-order valence-electron chi connectivity index (χ0n) is 29.7. The van der Waals surface area contributed by atoms with E-state index in [2.05, 4.69) is 25.6 Å². The molecule has 0 radical (unpaired) electrons. The van der Waals surface area contributed by atoms with Gasteiger partial charge >= 0.3 is 11.9 Å². The predicted molar refractivity (Wildman–Crippen MR) is 180 cm³/mol. The van der Waals surface area contributed by atoms with E-state index >= 15 is 0 Å². The number of hydrogen-bond acceptors (Lipinski definition) is 13. The number of ketones is 1. The summed E-state index contributed by atoms with van der Waals surface area (Å²) < 4.78 is 22.2. The molecule has 266 valence electrons. The van der Waals surface area contributed by atoms with Crippen molar-refractivity contribution < 1.29 is 42.7 Å². The molecule has 5 unspecified atom stereocenters. The molecule has 1 aromatic heterocycles. The van der Waals surface area contributed by atoms with Crippen molar-refractivity contribution in [2.45, 2.75) is 85.0 Å². The fourth-order valence-electron chi connectivity index (χ4n) is 6.09. The quantitative estimate of drug-likeness (QED) is 0.0425. The molecule has 0 aromatic carbocycles. The number of rotatable bonds is 19. The van der Waals surface area contributed by atoms with Crippen LogP contribution in [0.4, 0.5) is 0 Å². The molecule has 48 heavy (non-hydrogen) atoms. The maximum Gasteiger partial charge on any atom is 0.317 e. The number of methoxy groups -OCH3 is 1. The number of aromatic nitrogens is 1. The van der Waals surface area contributed by atoms with Crippen molar-refractivity contribution in [3.63, 3.8) is 0 Å². The van der Waals surface area contributed by atoms with Crippen LogP contribution in [0.2, 0.25) is 0 Å². The van der Waals surface area contributed by atoms with Crippen LogP contribution in [0.15, 0.2) is 38.0 Å². The van der Waals surface area contributed by atoms with Gasteiger partial charge in [0.2, 0.25) is 0 Å². The van der Waals surface area contributed by atoms with Crippen LogP contribution in [-0.4, -0.2) is 92.5 Å². The summed E-state index contributed by atoms with van der Waals surface area (Å²) in [5, 5.41) is 3.87. The zero-order valence-corrected chi connectivity index (χ0v) is 29.7. The van der Waals surface area contributed by atoms with E-state index in [4.69, 9.17) is 23.6 Å². The minimum Gasteiger partial charge on any atom is -0.458 e. The molecule has 2 rings (SSSR count). The Kier molecular flexibility index (Phi) is 15.5. The Balaban J connectivity index is 2.05. The summed E-state index contributed by atoms with van der Waals surface area (Å²) in [6.45, 7) is 12.2. The van der Waals surface area contributed by atoms with Crippen LogP contribution >= 0.6 is 0 Å². The van der Waals surface area contributed by atoms with E-state index in [-0.39, 0.29) is 24.1 Å². The highest BCUT2D eigenvalue weighted by Gasteiger charge is 2.58. The molecule has 0 bridgehead atoms. The van der Waals surface area contributed by atoms with Crippen LogP contribution in [0.5, 0.6) is 0 Å². The first-order chi connectivity index (χ1) is 22.7. The lowest BCUT2D eigenvalue weighted by Gasteiger charge is -2.36. The number of ether oxygens (including phenoxy) is 3. The van der Waals surface area contributed by atoms with Gasteiger partial charge in [-0.3, -0.25) is 39.7 Å². The smallest absolute Gasteiger partial charge is 0.317 e. The number of aliphatic imine (C=N–C) groups is 3. The van der Waals surface area contributed by atoms with Gasteiger partial charge in [0.25, 0.3) is 0 Å². The number of amidine groups is 1. The summed E-state index contributed by atoms with van der Waals surface area (Å²) in [4.78, 5) is 68.9. The molecule has 1 aliphatic rings. The molecule has 1 saturated heterocycles. The summed E-state index contributed by atoms with van der Waals surface area (Å²) in [6, 6.07) is 1.69. The van der Waals surface area contributed by atoms with Gasteiger partial charge in [-0.15, -0.1) is 0 Å².